The zero-order valence-corrected chi connectivity index (χ0v) is 52.2. The van der Waals surface area contributed by atoms with E-state index in [9.17, 15) is 0 Å². The van der Waals surface area contributed by atoms with Crippen LogP contribution in [0.25, 0.3) is 122 Å². The van der Waals surface area contributed by atoms with Gasteiger partial charge in [0.25, 0.3) is 6.71 Å². The third-order valence-electron chi connectivity index (χ3n) is 19.6. The van der Waals surface area contributed by atoms with Crippen LogP contribution in [-0.4, -0.2) is 6.71 Å². The van der Waals surface area contributed by atoms with Gasteiger partial charge in [0, 0.05) is 45.0 Å². The van der Waals surface area contributed by atoms with Crippen molar-refractivity contribution in [2.75, 3.05) is 9.80 Å². The molecule has 2 nitrogen and oxygen atoms in total. The Kier molecular flexibility index (Phi) is 13.7. The Hall–Kier alpha value is -12.3. The van der Waals surface area contributed by atoms with Crippen molar-refractivity contribution in [3.05, 3.63) is 370 Å². The summed E-state index contributed by atoms with van der Waals surface area (Å²) >= 11 is 0. The molecule has 442 valence electrons. The molecule has 18 rings (SSSR count). The number of nitrogens with zero attached hydrogens (tertiary/aromatic N) is 2. The molecule has 0 amide bonds. The summed E-state index contributed by atoms with van der Waals surface area (Å²) in [6, 6.07) is 137. The van der Waals surface area contributed by atoms with Crippen LogP contribution in [0.15, 0.2) is 370 Å². The Morgan fingerprint density at radius 3 is 0.916 bits per heavy atom. The van der Waals surface area contributed by atoms with Gasteiger partial charge in [-0.2, -0.15) is 0 Å². The van der Waals surface area contributed by atoms with Gasteiger partial charge in [0.15, 0.2) is 0 Å². The summed E-state index contributed by atoms with van der Waals surface area (Å²) in [5.74, 6) is 0. The lowest BCUT2D eigenvalue weighted by molar-refractivity contribution is 1.25. The lowest BCUT2D eigenvalue weighted by Gasteiger charge is -2.45. The average Bonchev–Trinajstić information content (AvgIpc) is 0.694. The van der Waals surface area contributed by atoms with Gasteiger partial charge in [-0.3, -0.25) is 0 Å². The third kappa shape index (κ3) is 9.50. The highest BCUT2D eigenvalue weighted by atomic mass is 15.2. The smallest absolute Gasteiger partial charge is 0.252 e. The molecule has 95 heavy (non-hydrogen) atoms. The molecular formula is C92H61BN2. The van der Waals surface area contributed by atoms with E-state index in [1.165, 1.54) is 88.0 Å². The topological polar surface area (TPSA) is 6.48 Å². The fourth-order valence-electron chi connectivity index (χ4n) is 15.5. The van der Waals surface area contributed by atoms with Crippen LogP contribution in [0.3, 0.4) is 0 Å². The van der Waals surface area contributed by atoms with Gasteiger partial charge in [0.2, 0.25) is 0 Å². The van der Waals surface area contributed by atoms with Crippen LogP contribution < -0.4 is 26.2 Å². The van der Waals surface area contributed by atoms with Crippen LogP contribution >= 0.6 is 0 Å². The first-order valence-electron chi connectivity index (χ1n) is 32.9. The van der Waals surface area contributed by atoms with Crippen molar-refractivity contribution in [1.82, 2.24) is 0 Å². The molecule has 0 saturated heterocycles. The Morgan fingerprint density at radius 2 is 0.505 bits per heavy atom. The summed E-state index contributed by atoms with van der Waals surface area (Å²) in [4.78, 5) is 5.27. The van der Waals surface area contributed by atoms with E-state index >= 15 is 0 Å². The first-order valence-corrected chi connectivity index (χ1v) is 32.9. The van der Waals surface area contributed by atoms with Gasteiger partial charge in [0.1, 0.15) is 0 Å². The molecule has 0 atom stereocenters. The number of para-hydroxylation sites is 2. The minimum atomic E-state index is -0.184. The molecule has 0 spiro atoms. The zero-order valence-electron chi connectivity index (χ0n) is 52.2. The molecule has 2 heterocycles. The first kappa shape index (κ1) is 55.5. The van der Waals surface area contributed by atoms with Crippen molar-refractivity contribution in [2.45, 2.75) is 0 Å². The molecule has 0 aromatic heterocycles. The molecule has 2 aliphatic heterocycles. The van der Waals surface area contributed by atoms with E-state index in [0.29, 0.717) is 0 Å². The zero-order chi connectivity index (χ0) is 62.8. The van der Waals surface area contributed by atoms with E-state index < -0.39 is 0 Å². The van der Waals surface area contributed by atoms with Crippen molar-refractivity contribution in [3.63, 3.8) is 0 Å². The third-order valence-corrected chi connectivity index (χ3v) is 19.6. The lowest BCUT2D eigenvalue weighted by Crippen LogP contribution is -2.61. The summed E-state index contributed by atoms with van der Waals surface area (Å²) in [5.41, 5.74) is 31.6. The molecule has 0 radical (unpaired) electrons. The first-order chi connectivity index (χ1) is 47.2. The molecule has 2 aliphatic rings. The second-order valence-electron chi connectivity index (χ2n) is 25.0. The minimum Gasteiger partial charge on any atom is -0.310 e. The van der Waals surface area contributed by atoms with Gasteiger partial charge >= 0.3 is 0 Å². The second-order valence-corrected chi connectivity index (χ2v) is 25.0. The summed E-state index contributed by atoms with van der Waals surface area (Å²) in [7, 11) is 0. The fraction of sp³-hybridized carbons (Fsp3) is 0. The molecule has 0 bridgehead atoms. The van der Waals surface area contributed by atoms with Gasteiger partial charge in [-0.05, 0) is 158 Å². The summed E-state index contributed by atoms with van der Waals surface area (Å²) in [6.07, 6.45) is 0. The van der Waals surface area contributed by atoms with E-state index in [1.54, 1.807) is 0 Å². The van der Waals surface area contributed by atoms with Crippen molar-refractivity contribution in [2.24, 2.45) is 0 Å². The molecule has 0 saturated carbocycles. The fourth-order valence-corrected chi connectivity index (χ4v) is 15.5. The van der Waals surface area contributed by atoms with Crippen molar-refractivity contribution in [3.8, 4) is 100 Å². The molecule has 16 aromatic carbocycles. The highest BCUT2D eigenvalue weighted by Crippen LogP contribution is 2.54. The van der Waals surface area contributed by atoms with Crippen LogP contribution in [0.4, 0.5) is 34.1 Å². The summed E-state index contributed by atoms with van der Waals surface area (Å²) < 4.78 is 0. The highest BCUT2D eigenvalue weighted by molar-refractivity contribution is 7.00. The van der Waals surface area contributed by atoms with Crippen molar-refractivity contribution in [1.29, 1.82) is 0 Å². The summed E-state index contributed by atoms with van der Waals surface area (Å²) in [5, 5.41) is 4.81. The second kappa shape index (κ2) is 23.4. The van der Waals surface area contributed by atoms with Crippen LogP contribution in [0.5, 0.6) is 0 Å². The van der Waals surface area contributed by atoms with Crippen LogP contribution in [-0.2, 0) is 0 Å². The molecule has 0 N–H and O–H groups in total. The van der Waals surface area contributed by atoms with E-state index in [2.05, 4.69) is 380 Å². The molecule has 3 heteroatoms. The van der Waals surface area contributed by atoms with Crippen molar-refractivity contribution >= 4 is 78.8 Å². The van der Waals surface area contributed by atoms with Gasteiger partial charge in [-0.1, -0.05) is 328 Å². The largest absolute Gasteiger partial charge is 0.310 e. The number of benzene rings is 16. The molecule has 16 aromatic rings. The predicted octanol–water partition coefficient (Wildman–Crippen LogP) is 23.1. The SMILES string of the molecule is c1ccc(-c2cc(-c3ccccc3)cc(-c3c4ccccc4c(-c4ccc5c(c4)N(c4c(-c6ccccc6)cccc4-c4ccccc4)c4cccc6c4B5c4cc(-c5ccccc5)ccc4N6c4c(-c5ccccc5)cccc4-c4ccccc4)c4ccccc34)c2)cc1. The van der Waals surface area contributed by atoms with Gasteiger partial charge < -0.3 is 9.80 Å². The van der Waals surface area contributed by atoms with Gasteiger partial charge in [0.05, 0.1) is 11.4 Å². The Balaban J connectivity index is 0.944. The van der Waals surface area contributed by atoms with E-state index in [1.807, 2.05) is 0 Å². The van der Waals surface area contributed by atoms with E-state index in [4.69, 9.17) is 0 Å². The standard InChI is InChI=1S/C92H61BN2/c1-8-29-62(30-9-1)69-54-56-84-83(60-69)93-82-55-53-70(88-78-43-22-24-45-80(78)89(81-46-25-23-44-79(81)88)73-58-71(63-31-10-2-11-32-63)57-72(59-73)64-33-12-3-13-34-64)61-87(82)95(92-76(67-39-18-6-19-40-67)49-27-50-77(92)68-41-20-7-21-42-68)86-52-28-51-85(90(86)93)94(84)91-74(65-35-14-4-15-36-65)47-26-48-75(91)66-37-16-5-17-38-66/h1-61H. The highest BCUT2D eigenvalue weighted by Gasteiger charge is 2.45. The molecule has 0 fully saturated rings. The quantitative estimate of drug-likeness (QED) is 0.0941. The number of anilines is 6. The maximum atomic E-state index is 2.66. The number of hydrogen-bond acceptors (Lipinski definition) is 2. The Morgan fingerprint density at radius 1 is 0.179 bits per heavy atom. The normalized spacial score (nSPS) is 12.1. The maximum absolute atomic E-state index is 2.66. The van der Waals surface area contributed by atoms with Gasteiger partial charge in [-0.25, -0.2) is 0 Å². The van der Waals surface area contributed by atoms with Crippen molar-refractivity contribution < 1.29 is 0 Å². The predicted molar refractivity (Wildman–Crippen MR) is 404 cm³/mol. The van der Waals surface area contributed by atoms with Crippen LogP contribution in [0.2, 0.25) is 0 Å². The minimum absolute atomic E-state index is 0.184. The van der Waals surface area contributed by atoms with E-state index in [0.717, 1.165) is 84.2 Å². The Labute approximate surface area is 555 Å². The summed E-state index contributed by atoms with van der Waals surface area (Å²) in [6.45, 7) is -0.184. The molecule has 0 unspecified atom stereocenters. The van der Waals surface area contributed by atoms with Gasteiger partial charge in [-0.15, -0.1) is 0 Å². The molecular weight excluding hydrogens is 1140 g/mol. The number of fused-ring (bicyclic) bond motifs is 6. The maximum Gasteiger partial charge on any atom is 0.252 e. The monoisotopic (exact) mass is 1200 g/mol. The number of hydrogen-bond donors (Lipinski definition) is 0. The number of rotatable bonds is 11. The van der Waals surface area contributed by atoms with Crippen LogP contribution in [0.1, 0.15) is 0 Å². The van der Waals surface area contributed by atoms with E-state index in [-0.39, 0.29) is 6.71 Å². The average molecular weight is 1210 g/mol. The Bertz CT molecular complexity index is 5350. The lowest BCUT2D eigenvalue weighted by atomic mass is 9.33. The van der Waals surface area contributed by atoms with Crippen LogP contribution in [0, 0.1) is 0 Å². The molecule has 0 aliphatic carbocycles.